The molecule has 0 spiro atoms. The summed E-state index contributed by atoms with van der Waals surface area (Å²) in [6.45, 7) is 8.01. The number of carbonyl (C=O) groups excluding carboxylic acids is 1. The van der Waals surface area contributed by atoms with Gasteiger partial charge in [0.05, 0.1) is 5.69 Å². The van der Waals surface area contributed by atoms with Crippen LogP contribution in [-0.4, -0.2) is 34.1 Å². The third-order valence-corrected chi connectivity index (χ3v) is 3.57. The number of hydrogen-bond acceptors (Lipinski definition) is 3. The fourth-order valence-corrected chi connectivity index (χ4v) is 2.50. The summed E-state index contributed by atoms with van der Waals surface area (Å²) in [5, 5.41) is 8.23. The molecule has 0 atom stereocenters. The lowest BCUT2D eigenvalue weighted by Gasteiger charge is -2.26. The van der Waals surface area contributed by atoms with Gasteiger partial charge < -0.3 is 4.90 Å². The van der Waals surface area contributed by atoms with E-state index < -0.39 is 0 Å². The zero-order chi connectivity index (χ0) is 13.8. The Morgan fingerprint density at radius 1 is 1.26 bits per heavy atom. The number of carbonyl (C=O) groups is 1. The molecule has 0 radical (unpaired) electrons. The first-order valence-corrected chi connectivity index (χ1v) is 7.20. The van der Waals surface area contributed by atoms with Crippen molar-refractivity contribution in [1.29, 1.82) is 0 Å². The van der Waals surface area contributed by atoms with Crippen molar-refractivity contribution in [3.05, 3.63) is 23.0 Å². The molecule has 0 aromatic carbocycles. The van der Waals surface area contributed by atoms with E-state index in [4.69, 9.17) is 0 Å². The van der Waals surface area contributed by atoms with E-state index in [2.05, 4.69) is 24.0 Å². The summed E-state index contributed by atoms with van der Waals surface area (Å²) in [6, 6.07) is 1.93. The highest BCUT2D eigenvalue weighted by Crippen LogP contribution is 2.15. The summed E-state index contributed by atoms with van der Waals surface area (Å²) < 4.78 is 0. The van der Waals surface area contributed by atoms with Crippen molar-refractivity contribution >= 4 is 5.91 Å². The first kappa shape index (κ1) is 14.0. The van der Waals surface area contributed by atoms with E-state index >= 15 is 0 Å². The summed E-state index contributed by atoms with van der Waals surface area (Å²) in [4.78, 5) is 14.3. The van der Waals surface area contributed by atoms with Crippen molar-refractivity contribution in [1.82, 2.24) is 15.1 Å². The lowest BCUT2D eigenvalue weighted by Crippen LogP contribution is -2.36. The second-order valence-corrected chi connectivity index (χ2v) is 5.79. The molecule has 104 valence electrons. The summed E-state index contributed by atoms with van der Waals surface area (Å²) in [6.07, 6.45) is 4.37. The summed E-state index contributed by atoms with van der Waals surface area (Å²) in [5.74, 6) is 0.595. The van der Waals surface area contributed by atoms with Gasteiger partial charge in [0.1, 0.15) is 0 Å². The van der Waals surface area contributed by atoms with Gasteiger partial charge in [-0.05, 0) is 50.2 Å². The number of rotatable bonds is 3. The highest BCUT2D eigenvalue weighted by Gasteiger charge is 2.20. The Morgan fingerprint density at radius 3 is 2.58 bits per heavy atom. The molecule has 4 nitrogen and oxygen atoms in total. The molecule has 4 heteroatoms. The van der Waals surface area contributed by atoms with Gasteiger partial charge in [-0.1, -0.05) is 13.8 Å². The Kier molecular flexibility index (Phi) is 4.51. The van der Waals surface area contributed by atoms with Crippen molar-refractivity contribution in [2.24, 2.45) is 5.92 Å². The smallest absolute Gasteiger partial charge is 0.274 e. The molecule has 0 N–H and O–H groups in total. The molecule has 1 aliphatic heterocycles. The van der Waals surface area contributed by atoms with Gasteiger partial charge in [-0.25, -0.2) is 0 Å². The van der Waals surface area contributed by atoms with Crippen LogP contribution in [0.15, 0.2) is 6.07 Å². The van der Waals surface area contributed by atoms with E-state index in [1.807, 2.05) is 17.9 Å². The molecule has 1 amide bonds. The average Bonchev–Trinajstić information content (AvgIpc) is 2.41. The molecule has 0 saturated carbocycles. The molecule has 2 heterocycles. The van der Waals surface area contributed by atoms with Gasteiger partial charge in [-0.2, -0.15) is 5.10 Å². The van der Waals surface area contributed by atoms with Gasteiger partial charge >= 0.3 is 0 Å². The predicted octanol–water partition coefficient (Wildman–Crippen LogP) is 2.61. The molecular formula is C15H23N3O. The maximum absolute atomic E-state index is 12.4. The third-order valence-electron chi connectivity index (χ3n) is 3.57. The number of piperidine rings is 1. The van der Waals surface area contributed by atoms with Crippen LogP contribution in [0.2, 0.25) is 0 Å². The number of nitrogens with zero attached hydrogens (tertiary/aromatic N) is 3. The van der Waals surface area contributed by atoms with Crippen LogP contribution in [0.3, 0.4) is 0 Å². The van der Waals surface area contributed by atoms with E-state index in [1.54, 1.807) is 0 Å². The van der Waals surface area contributed by atoms with Crippen molar-refractivity contribution in [2.45, 2.75) is 46.5 Å². The Bertz CT molecular complexity index is 451. The molecule has 1 saturated heterocycles. The molecule has 19 heavy (non-hydrogen) atoms. The Balaban J connectivity index is 2.17. The topological polar surface area (TPSA) is 46.1 Å². The first-order valence-electron chi connectivity index (χ1n) is 7.20. The molecule has 0 unspecified atom stereocenters. The van der Waals surface area contributed by atoms with Crippen molar-refractivity contribution in [2.75, 3.05) is 13.1 Å². The molecular weight excluding hydrogens is 238 g/mol. The number of hydrogen-bond donors (Lipinski definition) is 0. The van der Waals surface area contributed by atoms with E-state index in [-0.39, 0.29) is 5.91 Å². The normalized spacial score (nSPS) is 15.9. The molecule has 0 bridgehead atoms. The number of aryl methyl sites for hydroxylation is 1. The van der Waals surface area contributed by atoms with E-state index in [0.29, 0.717) is 11.6 Å². The molecule has 2 rings (SSSR count). The Hall–Kier alpha value is -1.45. The van der Waals surface area contributed by atoms with Gasteiger partial charge in [-0.3, -0.25) is 4.79 Å². The lowest BCUT2D eigenvalue weighted by atomic mass is 10.0. The zero-order valence-electron chi connectivity index (χ0n) is 12.1. The van der Waals surface area contributed by atoms with Crippen molar-refractivity contribution in [3.8, 4) is 0 Å². The van der Waals surface area contributed by atoms with Crippen molar-refractivity contribution < 1.29 is 4.79 Å². The monoisotopic (exact) mass is 261 g/mol. The predicted molar refractivity (Wildman–Crippen MR) is 75.1 cm³/mol. The molecule has 0 aliphatic carbocycles. The number of aromatic nitrogens is 2. The van der Waals surface area contributed by atoms with E-state index in [1.165, 1.54) is 6.42 Å². The Morgan fingerprint density at radius 2 is 1.95 bits per heavy atom. The summed E-state index contributed by atoms with van der Waals surface area (Å²) >= 11 is 0. The minimum Gasteiger partial charge on any atom is -0.337 e. The minimum absolute atomic E-state index is 0.0391. The van der Waals surface area contributed by atoms with Crippen LogP contribution in [-0.2, 0) is 6.42 Å². The minimum atomic E-state index is 0.0391. The van der Waals surface area contributed by atoms with Gasteiger partial charge in [0.2, 0.25) is 0 Å². The summed E-state index contributed by atoms with van der Waals surface area (Å²) in [7, 11) is 0. The fraction of sp³-hybridized carbons (Fsp3) is 0.667. The molecule has 1 fully saturated rings. The fourth-order valence-electron chi connectivity index (χ4n) is 2.50. The van der Waals surface area contributed by atoms with E-state index in [0.717, 1.165) is 43.6 Å². The first-order chi connectivity index (χ1) is 9.08. The van der Waals surface area contributed by atoms with Gasteiger partial charge in [-0.15, -0.1) is 5.10 Å². The molecule has 1 aromatic heterocycles. The van der Waals surface area contributed by atoms with Crippen molar-refractivity contribution in [3.63, 3.8) is 0 Å². The van der Waals surface area contributed by atoms with Crippen LogP contribution in [0.4, 0.5) is 0 Å². The zero-order valence-corrected chi connectivity index (χ0v) is 12.1. The summed E-state index contributed by atoms with van der Waals surface area (Å²) in [5.41, 5.74) is 2.58. The standard InChI is InChI=1S/C15H23N3O/c1-11(2)9-13-10-14(17-16-12(13)3)15(19)18-7-5-4-6-8-18/h10-11H,4-9H2,1-3H3. The van der Waals surface area contributed by atoms with Crippen LogP contribution in [0, 0.1) is 12.8 Å². The van der Waals surface area contributed by atoms with Crippen LogP contribution < -0.4 is 0 Å². The van der Waals surface area contributed by atoms with Crippen LogP contribution in [0.1, 0.15) is 54.9 Å². The van der Waals surface area contributed by atoms with E-state index in [9.17, 15) is 4.79 Å². The third kappa shape index (κ3) is 3.52. The largest absolute Gasteiger partial charge is 0.337 e. The number of likely N-dealkylation sites (tertiary alicyclic amines) is 1. The Labute approximate surface area is 115 Å². The highest BCUT2D eigenvalue weighted by atomic mass is 16.2. The average molecular weight is 261 g/mol. The maximum atomic E-state index is 12.4. The maximum Gasteiger partial charge on any atom is 0.274 e. The van der Waals surface area contributed by atoms with Crippen LogP contribution >= 0.6 is 0 Å². The van der Waals surface area contributed by atoms with Gasteiger partial charge in [0.25, 0.3) is 5.91 Å². The van der Waals surface area contributed by atoms with Gasteiger partial charge in [0, 0.05) is 13.1 Å². The number of amides is 1. The quantitative estimate of drug-likeness (QED) is 0.840. The SMILES string of the molecule is Cc1nnc(C(=O)N2CCCCC2)cc1CC(C)C. The second-order valence-electron chi connectivity index (χ2n) is 5.79. The molecule has 1 aromatic rings. The lowest BCUT2D eigenvalue weighted by molar-refractivity contribution is 0.0717. The van der Waals surface area contributed by atoms with Crippen LogP contribution in [0.5, 0.6) is 0 Å². The highest BCUT2D eigenvalue weighted by molar-refractivity contribution is 5.92. The van der Waals surface area contributed by atoms with Crippen LogP contribution in [0.25, 0.3) is 0 Å². The second kappa shape index (κ2) is 6.13. The van der Waals surface area contributed by atoms with Gasteiger partial charge in [0.15, 0.2) is 5.69 Å². The molecule has 1 aliphatic rings.